The van der Waals surface area contributed by atoms with Gasteiger partial charge < -0.3 is 5.11 Å². The number of carbonyl (C=O) groups is 1. The van der Waals surface area contributed by atoms with Gasteiger partial charge in [0.05, 0.1) is 17.8 Å². The van der Waals surface area contributed by atoms with Crippen LogP contribution in [-0.4, -0.2) is 37.8 Å². The van der Waals surface area contributed by atoms with Gasteiger partial charge in [0.2, 0.25) is 0 Å². The Bertz CT molecular complexity index is 750. The molecule has 0 amide bonds. The minimum Gasteiger partial charge on any atom is -0.480 e. The lowest BCUT2D eigenvalue weighted by molar-refractivity contribution is -0.136. The number of benzene rings is 1. The molecule has 0 radical (unpaired) electrons. The molecule has 1 fully saturated rings. The van der Waals surface area contributed by atoms with Crippen LogP contribution in [0.4, 0.5) is 0 Å². The van der Waals surface area contributed by atoms with Crippen molar-refractivity contribution in [2.45, 2.75) is 57.9 Å². The highest BCUT2D eigenvalue weighted by atomic mass is 16.4. The van der Waals surface area contributed by atoms with Crippen LogP contribution in [0.1, 0.15) is 56.0 Å². The van der Waals surface area contributed by atoms with Crippen LogP contribution in [-0.2, 0) is 16.8 Å². The van der Waals surface area contributed by atoms with Crippen molar-refractivity contribution in [3.8, 4) is 5.69 Å². The van der Waals surface area contributed by atoms with Gasteiger partial charge in [0, 0.05) is 0 Å². The number of rotatable bonds is 6. The quantitative estimate of drug-likeness (QED) is 0.836. The molecule has 2 aromatic rings. The van der Waals surface area contributed by atoms with E-state index in [0.717, 1.165) is 55.6 Å². The van der Waals surface area contributed by atoms with Gasteiger partial charge in [-0.25, -0.2) is 0 Å². The molecule has 0 bridgehead atoms. The highest BCUT2D eigenvalue weighted by molar-refractivity contribution is 5.69. The summed E-state index contributed by atoms with van der Waals surface area (Å²) in [6.07, 6.45) is 5.79. The number of tetrazole rings is 1. The van der Waals surface area contributed by atoms with Gasteiger partial charge in [-0.3, -0.25) is 10.1 Å². The third-order valence-electron chi connectivity index (χ3n) is 5.10. The first-order chi connectivity index (χ1) is 12.1. The van der Waals surface area contributed by atoms with Crippen LogP contribution in [0.5, 0.6) is 0 Å². The van der Waals surface area contributed by atoms with E-state index >= 15 is 0 Å². The Morgan fingerprint density at radius 2 is 2.08 bits per heavy atom. The van der Waals surface area contributed by atoms with Gasteiger partial charge >= 0.3 is 5.97 Å². The summed E-state index contributed by atoms with van der Waals surface area (Å²) in [5.41, 5.74) is 2.80. The molecule has 134 valence electrons. The van der Waals surface area contributed by atoms with Crippen molar-refractivity contribution in [3.63, 3.8) is 0 Å². The summed E-state index contributed by atoms with van der Waals surface area (Å²) in [5.74, 6) is -0.147. The lowest BCUT2D eigenvalue weighted by Gasteiger charge is -2.36. The SMILES string of the molecule is CCc1cccc(C)c1-n1nnnc1C1(NCC(=O)O)CCCCC1. The second-order valence-corrected chi connectivity index (χ2v) is 6.74. The number of nitrogens with one attached hydrogen (secondary N) is 1. The van der Waals surface area contributed by atoms with Crippen LogP contribution in [0.15, 0.2) is 18.2 Å². The van der Waals surface area contributed by atoms with E-state index < -0.39 is 11.5 Å². The van der Waals surface area contributed by atoms with Crippen LogP contribution in [0.2, 0.25) is 0 Å². The highest BCUT2D eigenvalue weighted by Gasteiger charge is 2.39. The first kappa shape index (κ1) is 17.5. The average molecular weight is 343 g/mol. The van der Waals surface area contributed by atoms with E-state index in [0.29, 0.717) is 0 Å². The number of carboxylic acids is 1. The van der Waals surface area contributed by atoms with Crippen LogP contribution < -0.4 is 5.32 Å². The van der Waals surface area contributed by atoms with E-state index in [9.17, 15) is 4.79 Å². The summed E-state index contributed by atoms with van der Waals surface area (Å²) < 4.78 is 1.81. The molecule has 1 aliphatic rings. The Balaban J connectivity index is 2.09. The summed E-state index contributed by atoms with van der Waals surface area (Å²) in [5, 5.41) is 24.9. The fraction of sp³-hybridized carbons (Fsp3) is 0.556. The number of nitrogens with zero attached hydrogens (tertiary/aromatic N) is 4. The summed E-state index contributed by atoms with van der Waals surface area (Å²) >= 11 is 0. The second kappa shape index (κ2) is 7.31. The fourth-order valence-electron chi connectivity index (χ4n) is 3.82. The maximum Gasteiger partial charge on any atom is 0.317 e. The van der Waals surface area contributed by atoms with Gasteiger partial charge in [-0.05, 0) is 47.7 Å². The maximum absolute atomic E-state index is 11.1. The van der Waals surface area contributed by atoms with Crippen LogP contribution in [0.3, 0.4) is 0 Å². The van der Waals surface area contributed by atoms with Crippen molar-refractivity contribution in [3.05, 3.63) is 35.2 Å². The Labute approximate surface area is 147 Å². The van der Waals surface area contributed by atoms with Gasteiger partial charge in [0.25, 0.3) is 0 Å². The molecule has 1 heterocycles. The largest absolute Gasteiger partial charge is 0.480 e. The van der Waals surface area contributed by atoms with E-state index in [4.69, 9.17) is 5.11 Å². The van der Waals surface area contributed by atoms with Crippen LogP contribution in [0, 0.1) is 6.92 Å². The fourth-order valence-corrected chi connectivity index (χ4v) is 3.82. The lowest BCUT2D eigenvalue weighted by Crippen LogP contribution is -2.48. The average Bonchev–Trinajstić information content (AvgIpc) is 3.10. The third-order valence-corrected chi connectivity index (χ3v) is 5.10. The zero-order chi connectivity index (χ0) is 17.9. The molecule has 0 atom stereocenters. The first-order valence-corrected chi connectivity index (χ1v) is 8.92. The molecule has 1 aromatic heterocycles. The van der Waals surface area contributed by atoms with Crippen LogP contribution in [0.25, 0.3) is 5.69 Å². The van der Waals surface area contributed by atoms with Gasteiger partial charge in [-0.2, -0.15) is 4.68 Å². The van der Waals surface area contributed by atoms with Gasteiger partial charge in [-0.15, -0.1) is 5.10 Å². The molecule has 1 aromatic carbocycles. The zero-order valence-corrected chi connectivity index (χ0v) is 14.8. The molecule has 7 nitrogen and oxygen atoms in total. The Kier molecular flexibility index (Phi) is 5.13. The molecule has 7 heteroatoms. The molecule has 3 rings (SSSR count). The number of hydrogen-bond donors (Lipinski definition) is 2. The number of aromatic nitrogens is 4. The number of para-hydroxylation sites is 1. The Morgan fingerprint density at radius 3 is 2.76 bits per heavy atom. The topological polar surface area (TPSA) is 92.9 Å². The lowest BCUT2D eigenvalue weighted by atomic mass is 9.80. The minimum atomic E-state index is -0.867. The second-order valence-electron chi connectivity index (χ2n) is 6.74. The normalized spacial score (nSPS) is 16.7. The van der Waals surface area contributed by atoms with E-state index in [-0.39, 0.29) is 6.54 Å². The molecule has 2 N–H and O–H groups in total. The predicted octanol–water partition coefficient (Wildman–Crippen LogP) is 2.37. The minimum absolute atomic E-state index is 0.0960. The number of aliphatic carboxylic acids is 1. The summed E-state index contributed by atoms with van der Waals surface area (Å²) in [4.78, 5) is 11.1. The number of aryl methyl sites for hydroxylation is 2. The van der Waals surface area contributed by atoms with Gasteiger partial charge in [0.1, 0.15) is 0 Å². The molecule has 1 aliphatic carbocycles. The molecule has 0 unspecified atom stereocenters. The Hall–Kier alpha value is -2.28. The molecule has 0 saturated heterocycles. The summed E-state index contributed by atoms with van der Waals surface area (Å²) in [6, 6.07) is 6.19. The van der Waals surface area contributed by atoms with Gasteiger partial charge in [0.15, 0.2) is 5.82 Å². The van der Waals surface area contributed by atoms with E-state index in [1.807, 2.05) is 10.7 Å². The Morgan fingerprint density at radius 1 is 1.32 bits per heavy atom. The van der Waals surface area contributed by atoms with Crippen molar-refractivity contribution in [1.29, 1.82) is 0 Å². The number of hydrogen-bond acceptors (Lipinski definition) is 5. The van der Waals surface area contributed by atoms with E-state index in [1.165, 1.54) is 5.56 Å². The standard InChI is InChI=1S/C18H25N5O2/c1-3-14-9-7-8-13(2)16(14)23-17(20-21-22-23)18(19-12-15(24)25)10-5-4-6-11-18/h7-9,19H,3-6,10-12H2,1-2H3,(H,24,25). The van der Waals surface area contributed by atoms with E-state index in [1.54, 1.807) is 0 Å². The molecule has 1 saturated carbocycles. The molecule has 0 spiro atoms. The van der Waals surface area contributed by atoms with Crippen LogP contribution >= 0.6 is 0 Å². The van der Waals surface area contributed by atoms with Crippen molar-refractivity contribution in [2.75, 3.05) is 6.54 Å². The number of carboxylic acid groups (broad SMARTS) is 1. The van der Waals surface area contributed by atoms with Crippen molar-refractivity contribution < 1.29 is 9.90 Å². The molecular weight excluding hydrogens is 318 g/mol. The summed E-state index contributed by atoms with van der Waals surface area (Å²) in [7, 11) is 0. The van der Waals surface area contributed by atoms with Crippen molar-refractivity contribution in [1.82, 2.24) is 25.5 Å². The van der Waals surface area contributed by atoms with Crippen molar-refractivity contribution >= 4 is 5.97 Å². The molecular formula is C18H25N5O2. The monoisotopic (exact) mass is 343 g/mol. The third kappa shape index (κ3) is 3.42. The zero-order valence-electron chi connectivity index (χ0n) is 14.8. The van der Waals surface area contributed by atoms with E-state index in [2.05, 4.69) is 46.8 Å². The molecule has 0 aliphatic heterocycles. The summed E-state index contributed by atoms with van der Waals surface area (Å²) in [6.45, 7) is 4.07. The smallest absolute Gasteiger partial charge is 0.317 e. The van der Waals surface area contributed by atoms with Crippen molar-refractivity contribution in [2.24, 2.45) is 0 Å². The highest BCUT2D eigenvalue weighted by Crippen LogP contribution is 2.37. The first-order valence-electron chi connectivity index (χ1n) is 8.92. The maximum atomic E-state index is 11.1. The molecule has 25 heavy (non-hydrogen) atoms. The predicted molar refractivity (Wildman–Crippen MR) is 93.7 cm³/mol. The van der Waals surface area contributed by atoms with Gasteiger partial charge in [-0.1, -0.05) is 44.4 Å².